The summed E-state index contributed by atoms with van der Waals surface area (Å²) in [6, 6.07) is 9.43. The number of ether oxygens (including phenoxy) is 1. The van der Waals surface area contributed by atoms with Crippen molar-refractivity contribution in [2.24, 2.45) is 0 Å². The molecule has 1 aromatic carbocycles. The Bertz CT molecular complexity index is 687. The van der Waals surface area contributed by atoms with E-state index >= 15 is 0 Å². The second-order valence-corrected chi connectivity index (χ2v) is 7.15. The van der Waals surface area contributed by atoms with E-state index in [2.05, 4.69) is 29.4 Å². The van der Waals surface area contributed by atoms with Crippen molar-refractivity contribution in [3.63, 3.8) is 0 Å². The quantitative estimate of drug-likeness (QED) is 0.874. The molecule has 1 saturated heterocycles. The molecule has 0 saturated carbocycles. The van der Waals surface area contributed by atoms with Gasteiger partial charge >= 0.3 is 6.03 Å². The second-order valence-electron chi connectivity index (χ2n) is 7.15. The van der Waals surface area contributed by atoms with Crippen molar-refractivity contribution in [2.75, 3.05) is 32.8 Å². The number of nitrogens with one attached hydrogen (secondary N) is 2. The molecule has 0 bridgehead atoms. The fraction of sp³-hybridized carbons (Fsp3) is 0.526. The van der Waals surface area contributed by atoms with Crippen LogP contribution in [-0.2, 0) is 4.74 Å². The Balaban J connectivity index is 1.53. The number of nitrogens with zero attached hydrogens (tertiary/aromatic N) is 1. The zero-order valence-corrected chi connectivity index (χ0v) is 15.2. The van der Waals surface area contributed by atoms with Crippen molar-refractivity contribution in [3.05, 3.63) is 36.1 Å². The first-order chi connectivity index (χ1) is 12.0. The summed E-state index contributed by atoms with van der Waals surface area (Å²) in [5.74, 6) is 0.754. The summed E-state index contributed by atoms with van der Waals surface area (Å²) in [7, 11) is 0. The van der Waals surface area contributed by atoms with E-state index in [1.165, 1.54) is 0 Å². The van der Waals surface area contributed by atoms with E-state index in [-0.39, 0.29) is 17.6 Å². The van der Waals surface area contributed by atoms with Crippen molar-refractivity contribution >= 4 is 17.0 Å². The molecule has 0 radical (unpaired) electrons. The first kappa shape index (κ1) is 17.8. The molecule has 0 aliphatic carbocycles. The largest absolute Gasteiger partial charge is 0.459 e. The van der Waals surface area contributed by atoms with Gasteiger partial charge in [0, 0.05) is 30.6 Å². The van der Waals surface area contributed by atoms with Gasteiger partial charge in [0.05, 0.1) is 19.3 Å². The van der Waals surface area contributed by atoms with E-state index in [1.807, 2.05) is 37.3 Å². The summed E-state index contributed by atoms with van der Waals surface area (Å²) < 4.78 is 11.2. The van der Waals surface area contributed by atoms with Crippen LogP contribution in [0.5, 0.6) is 0 Å². The smallest absolute Gasteiger partial charge is 0.315 e. The van der Waals surface area contributed by atoms with Crippen LogP contribution in [0.3, 0.4) is 0 Å². The van der Waals surface area contributed by atoms with Crippen LogP contribution >= 0.6 is 0 Å². The minimum Gasteiger partial charge on any atom is -0.459 e. The Labute approximate surface area is 148 Å². The molecule has 2 heterocycles. The molecule has 1 fully saturated rings. The number of carbonyl (C=O) groups excluding carboxylic acids is 1. The molecule has 1 aromatic heterocycles. The van der Waals surface area contributed by atoms with Gasteiger partial charge in [0.15, 0.2) is 0 Å². The third kappa shape index (κ3) is 4.32. The van der Waals surface area contributed by atoms with E-state index < -0.39 is 0 Å². The number of benzene rings is 1. The Morgan fingerprint density at radius 2 is 2.00 bits per heavy atom. The van der Waals surface area contributed by atoms with Crippen LogP contribution in [-0.4, -0.2) is 49.3 Å². The molecule has 1 aliphatic rings. The Hall–Kier alpha value is -2.05. The number of rotatable bonds is 5. The number of fused-ring (bicyclic) bond motifs is 1. The van der Waals surface area contributed by atoms with Crippen molar-refractivity contribution in [1.82, 2.24) is 15.5 Å². The molecule has 1 atom stereocenters. The lowest BCUT2D eigenvalue weighted by Crippen LogP contribution is -2.56. The molecule has 3 rings (SSSR count). The second kappa shape index (κ2) is 7.45. The average Bonchev–Trinajstić information content (AvgIpc) is 3.05. The molecular formula is C19H27N3O3. The molecule has 1 aliphatic heterocycles. The maximum absolute atomic E-state index is 12.3. The molecule has 6 heteroatoms. The maximum atomic E-state index is 12.3. The SMILES string of the molecule is CC(NC(=O)NCC(C)(C)N1CCOCC1)c1cc2ccccc2o1. The van der Waals surface area contributed by atoms with Crippen LogP contribution in [0.25, 0.3) is 11.0 Å². The van der Waals surface area contributed by atoms with E-state index in [0.29, 0.717) is 6.54 Å². The molecular weight excluding hydrogens is 318 g/mol. The topological polar surface area (TPSA) is 66.7 Å². The Morgan fingerprint density at radius 1 is 1.28 bits per heavy atom. The molecule has 2 aromatic rings. The van der Waals surface area contributed by atoms with Crippen LogP contribution in [0, 0.1) is 0 Å². The highest BCUT2D eigenvalue weighted by atomic mass is 16.5. The van der Waals surface area contributed by atoms with Crippen molar-refractivity contribution in [1.29, 1.82) is 0 Å². The van der Waals surface area contributed by atoms with Crippen LogP contribution in [0.2, 0.25) is 0 Å². The number of amides is 2. The molecule has 25 heavy (non-hydrogen) atoms. The zero-order chi connectivity index (χ0) is 17.9. The number of hydrogen-bond donors (Lipinski definition) is 2. The van der Waals surface area contributed by atoms with Gasteiger partial charge in [0.2, 0.25) is 0 Å². The highest BCUT2D eigenvalue weighted by molar-refractivity contribution is 5.78. The van der Waals surface area contributed by atoms with Crippen LogP contribution in [0.15, 0.2) is 34.7 Å². The summed E-state index contributed by atoms with van der Waals surface area (Å²) in [5.41, 5.74) is 0.726. The minimum atomic E-state index is -0.195. The number of carbonyl (C=O) groups is 1. The number of urea groups is 1. The predicted molar refractivity (Wildman–Crippen MR) is 97.6 cm³/mol. The lowest BCUT2D eigenvalue weighted by Gasteiger charge is -2.40. The van der Waals surface area contributed by atoms with Gasteiger partial charge in [-0.3, -0.25) is 4.90 Å². The molecule has 0 spiro atoms. The van der Waals surface area contributed by atoms with Gasteiger partial charge < -0.3 is 19.8 Å². The summed E-state index contributed by atoms with van der Waals surface area (Å²) in [4.78, 5) is 14.6. The summed E-state index contributed by atoms with van der Waals surface area (Å²) in [6.45, 7) is 10.1. The third-order valence-electron chi connectivity index (χ3n) is 4.77. The van der Waals surface area contributed by atoms with E-state index in [1.54, 1.807) is 0 Å². The number of hydrogen-bond acceptors (Lipinski definition) is 4. The van der Waals surface area contributed by atoms with Crippen LogP contribution < -0.4 is 10.6 Å². The van der Waals surface area contributed by atoms with Crippen molar-refractivity contribution in [2.45, 2.75) is 32.4 Å². The normalized spacial score (nSPS) is 17.4. The summed E-state index contributed by atoms with van der Waals surface area (Å²) in [6.07, 6.45) is 0. The van der Waals surface area contributed by atoms with Gasteiger partial charge in [-0.2, -0.15) is 0 Å². The van der Waals surface area contributed by atoms with Gasteiger partial charge in [-0.25, -0.2) is 4.79 Å². The monoisotopic (exact) mass is 345 g/mol. The van der Waals surface area contributed by atoms with E-state index in [0.717, 1.165) is 43.0 Å². The number of morpholine rings is 1. The van der Waals surface area contributed by atoms with Crippen LogP contribution in [0.1, 0.15) is 32.6 Å². The fourth-order valence-electron chi connectivity index (χ4n) is 3.11. The standard InChI is InChI=1S/C19H27N3O3/c1-14(17-12-15-6-4-5-7-16(15)25-17)21-18(23)20-13-19(2,3)22-8-10-24-11-9-22/h4-7,12,14H,8-11,13H2,1-3H3,(H2,20,21,23). The van der Waals surface area contributed by atoms with E-state index in [9.17, 15) is 4.79 Å². The fourth-order valence-corrected chi connectivity index (χ4v) is 3.11. The molecule has 6 nitrogen and oxygen atoms in total. The first-order valence-corrected chi connectivity index (χ1v) is 8.81. The van der Waals surface area contributed by atoms with E-state index in [4.69, 9.17) is 9.15 Å². The summed E-state index contributed by atoms with van der Waals surface area (Å²) in [5, 5.41) is 6.97. The summed E-state index contributed by atoms with van der Waals surface area (Å²) >= 11 is 0. The Morgan fingerprint density at radius 3 is 2.72 bits per heavy atom. The highest BCUT2D eigenvalue weighted by Crippen LogP contribution is 2.23. The van der Waals surface area contributed by atoms with Crippen molar-refractivity contribution < 1.29 is 13.9 Å². The minimum absolute atomic E-state index is 0.107. The van der Waals surface area contributed by atoms with Crippen LogP contribution in [0.4, 0.5) is 4.79 Å². The van der Waals surface area contributed by atoms with Gasteiger partial charge in [-0.1, -0.05) is 18.2 Å². The maximum Gasteiger partial charge on any atom is 0.315 e. The average molecular weight is 345 g/mol. The zero-order valence-electron chi connectivity index (χ0n) is 15.2. The third-order valence-corrected chi connectivity index (χ3v) is 4.77. The lowest BCUT2D eigenvalue weighted by molar-refractivity contribution is -0.00876. The lowest BCUT2D eigenvalue weighted by atomic mass is 10.0. The van der Waals surface area contributed by atoms with Gasteiger partial charge in [0.1, 0.15) is 11.3 Å². The molecule has 2 N–H and O–H groups in total. The predicted octanol–water partition coefficient (Wildman–Crippen LogP) is 2.90. The molecule has 1 unspecified atom stereocenters. The molecule has 136 valence electrons. The first-order valence-electron chi connectivity index (χ1n) is 8.81. The van der Waals surface area contributed by atoms with Gasteiger partial charge in [-0.05, 0) is 32.9 Å². The Kier molecular flexibility index (Phi) is 5.30. The highest BCUT2D eigenvalue weighted by Gasteiger charge is 2.28. The van der Waals surface area contributed by atoms with Gasteiger partial charge in [0.25, 0.3) is 0 Å². The molecule has 2 amide bonds. The number of para-hydroxylation sites is 1. The van der Waals surface area contributed by atoms with Gasteiger partial charge in [-0.15, -0.1) is 0 Å². The number of furan rings is 1. The van der Waals surface area contributed by atoms with Crippen molar-refractivity contribution in [3.8, 4) is 0 Å².